The monoisotopic (exact) mass is 1440 g/mol. The minimum atomic E-state index is -1.70. The summed E-state index contributed by atoms with van der Waals surface area (Å²) in [6, 6.07) is 83.3. The zero-order valence-electron chi connectivity index (χ0n) is 58.0. The predicted molar refractivity (Wildman–Crippen MR) is 395 cm³/mol. The van der Waals surface area contributed by atoms with Crippen molar-refractivity contribution in [2.24, 2.45) is 0 Å². The summed E-state index contributed by atoms with van der Waals surface area (Å²) < 4.78 is 79.5. The van der Waals surface area contributed by atoms with E-state index in [1.54, 1.807) is 0 Å². The van der Waals surface area contributed by atoms with Gasteiger partial charge in [0, 0.05) is 41.1 Å². The maximum atomic E-state index is 11.2. The van der Waals surface area contributed by atoms with Crippen LogP contribution in [0.25, 0.3) is 0 Å². The molecule has 0 unspecified atom stereocenters. The van der Waals surface area contributed by atoms with Crippen molar-refractivity contribution in [2.45, 2.75) is 125 Å². The Balaban J connectivity index is 0.000000176. The highest BCUT2D eigenvalue weighted by Crippen LogP contribution is 2.54. The molecule has 3 saturated heterocycles. The van der Waals surface area contributed by atoms with Crippen molar-refractivity contribution in [3.8, 4) is 11.5 Å². The Labute approximate surface area is 617 Å². The molecule has 9 atom stereocenters. The van der Waals surface area contributed by atoms with Crippen LogP contribution >= 0.6 is 23.2 Å². The second-order valence-corrected chi connectivity index (χ2v) is 27.9. The highest BCUT2D eigenvalue weighted by molar-refractivity contribution is 6.31. The molecule has 0 amide bonds. The van der Waals surface area contributed by atoms with Crippen LogP contribution in [-0.4, -0.2) is 110 Å². The normalized spacial score (nSPS) is 23.4. The maximum absolute atomic E-state index is 11.2. The third-order valence-electron chi connectivity index (χ3n) is 20.2. The summed E-state index contributed by atoms with van der Waals surface area (Å²) in [6.07, 6.45) is -2.20. The Kier molecular flexibility index (Phi) is 23.5. The van der Waals surface area contributed by atoms with Crippen LogP contribution in [0.1, 0.15) is 77.9 Å². The van der Waals surface area contributed by atoms with Gasteiger partial charge in [-0.2, -0.15) is 0 Å². The van der Waals surface area contributed by atoms with E-state index in [4.69, 9.17) is 80.0 Å². The van der Waals surface area contributed by atoms with Gasteiger partial charge in [0.15, 0.2) is 0 Å². The van der Waals surface area contributed by atoms with Gasteiger partial charge in [-0.05, 0) is 116 Å². The third-order valence-corrected chi connectivity index (χ3v) is 20.9. The van der Waals surface area contributed by atoms with Gasteiger partial charge in [0.2, 0.25) is 11.6 Å². The lowest BCUT2D eigenvalue weighted by molar-refractivity contribution is -0.417. The summed E-state index contributed by atoms with van der Waals surface area (Å²) >= 11 is 13.8. The van der Waals surface area contributed by atoms with Crippen LogP contribution in [0, 0.1) is 0 Å². The number of benzene rings is 10. The highest BCUT2D eigenvalue weighted by Gasteiger charge is 2.70. The molecule has 3 N–H and O–H groups in total. The molecule has 538 valence electrons. The molecule has 104 heavy (non-hydrogen) atoms. The maximum Gasteiger partial charge on any atom is 0.225 e. The molecule has 0 aromatic heterocycles. The first-order chi connectivity index (χ1) is 51.0. The smallest absolute Gasteiger partial charge is 0.225 e. The van der Waals surface area contributed by atoms with E-state index in [1.165, 1.54) is 18.2 Å². The van der Waals surface area contributed by atoms with Gasteiger partial charge in [-0.3, -0.25) is 0 Å². The van der Waals surface area contributed by atoms with Gasteiger partial charge in [-0.15, -0.1) is 0 Å². The van der Waals surface area contributed by atoms with E-state index < -0.39 is 72.6 Å². The average molecular weight is 1440 g/mol. The molecule has 10 aromatic carbocycles. The highest BCUT2D eigenvalue weighted by atomic mass is 35.5. The summed E-state index contributed by atoms with van der Waals surface area (Å²) in [6.45, 7) is 1.34. The molecule has 5 aliphatic heterocycles. The first-order valence-electron chi connectivity index (χ1n) is 35.4. The van der Waals surface area contributed by atoms with Crippen molar-refractivity contribution in [2.75, 3.05) is 46.8 Å². The molecule has 10 aromatic rings. The molecular formula is C87H86Cl2O15. The summed E-state index contributed by atoms with van der Waals surface area (Å²) in [4.78, 5) is 0. The van der Waals surface area contributed by atoms with Crippen LogP contribution in [0.2, 0.25) is 10.0 Å². The Morgan fingerprint density at radius 2 is 0.769 bits per heavy atom. The first kappa shape index (κ1) is 72.8. The van der Waals surface area contributed by atoms with E-state index in [0.29, 0.717) is 48.3 Å². The van der Waals surface area contributed by atoms with Crippen LogP contribution in [0.4, 0.5) is 0 Å². The number of hydrogen-bond acceptors (Lipinski definition) is 15. The van der Waals surface area contributed by atoms with E-state index in [0.717, 1.165) is 85.5 Å². The van der Waals surface area contributed by atoms with Crippen LogP contribution in [0.15, 0.2) is 255 Å². The molecule has 5 aliphatic rings. The molecule has 5 heterocycles. The van der Waals surface area contributed by atoms with Gasteiger partial charge in [0.25, 0.3) is 0 Å². The Bertz CT molecular complexity index is 4410. The van der Waals surface area contributed by atoms with Crippen molar-refractivity contribution in [3.05, 3.63) is 343 Å². The lowest BCUT2D eigenvalue weighted by atomic mass is 9.80. The Hall–Kier alpha value is -8.14. The van der Waals surface area contributed by atoms with Gasteiger partial charge in [-0.1, -0.05) is 242 Å². The predicted octanol–water partition coefficient (Wildman–Crippen LogP) is 14.7. The zero-order valence-corrected chi connectivity index (χ0v) is 59.5. The van der Waals surface area contributed by atoms with Gasteiger partial charge in [0.1, 0.15) is 59.3 Å². The van der Waals surface area contributed by atoms with Gasteiger partial charge < -0.3 is 72.2 Å². The molecule has 15 rings (SSSR count). The lowest BCUT2D eigenvalue weighted by Crippen LogP contribution is -2.72. The fourth-order valence-electron chi connectivity index (χ4n) is 14.7. The molecule has 3 fully saturated rings. The van der Waals surface area contributed by atoms with Gasteiger partial charge in [-0.25, -0.2) is 0 Å². The van der Waals surface area contributed by atoms with Crippen molar-refractivity contribution in [1.82, 2.24) is 0 Å². The summed E-state index contributed by atoms with van der Waals surface area (Å²) in [5.74, 6) is -1.27. The molecule has 0 aliphatic carbocycles. The number of hydrogen-bond donors (Lipinski definition) is 3. The Morgan fingerprint density at radius 3 is 1.19 bits per heavy atom. The van der Waals surface area contributed by atoms with Gasteiger partial charge >= 0.3 is 0 Å². The fraction of sp³-hybridized carbons (Fsp3) is 0.310. The van der Waals surface area contributed by atoms with Crippen LogP contribution in [-0.2, 0) is 124 Å². The Morgan fingerprint density at radius 1 is 0.385 bits per heavy atom. The number of methoxy groups -OCH3 is 1. The summed E-state index contributed by atoms with van der Waals surface area (Å²) in [7, 11) is 1.53. The van der Waals surface area contributed by atoms with Gasteiger partial charge in [0.05, 0.1) is 79.3 Å². The number of rotatable bonds is 28. The fourth-order valence-corrected chi connectivity index (χ4v) is 15.1. The molecule has 2 bridgehead atoms. The number of ether oxygens (including phenoxy) is 12. The molecule has 0 spiro atoms. The van der Waals surface area contributed by atoms with E-state index >= 15 is 0 Å². The number of aliphatic hydroxyl groups excluding tert-OH is 3. The van der Waals surface area contributed by atoms with E-state index in [1.807, 2.05) is 237 Å². The zero-order chi connectivity index (χ0) is 71.4. The van der Waals surface area contributed by atoms with Crippen molar-refractivity contribution in [3.63, 3.8) is 0 Å². The minimum absolute atomic E-state index is 0.0716. The second-order valence-electron chi connectivity index (χ2n) is 27.1. The van der Waals surface area contributed by atoms with E-state index in [-0.39, 0.29) is 46.2 Å². The van der Waals surface area contributed by atoms with Crippen LogP contribution < -0.4 is 9.47 Å². The number of aliphatic hydroxyl groups is 3. The number of halogens is 2. The van der Waals surface area contributed by atoms with E-state index in [2.05, 4.69) is 18.2 Å². The molecule has 0 saturated carbocycles. The molecular weight excluding hydrogens is 1360 g/mol. The van der Waals surface area contributed by atoms with Crippen molar-refractivity contribution < 1.29 is 72.2 Å². The standard InChI is InChI=1S/C44H45ClO8.C43H41ClO7/c1-48-44(37-18-19-38(45)36(25-37)24-34-17-20-39-35(23-34)21-22-49-39)42(52-28-33-15-9-4-10-16-33)40(50-26-31-11-5-2-6-12-31)41(43(29-46,30-47)53-44)51-27-32-13-7-3-8-14-32;44-37-18-17-36(24-35(37)23-33-16-19-38-34(22-33)20-21-46-38)43-41(49-27-32-14-8-3-9-15-32)39(47-25-30-10-4-1-5-11-30)40(42(28-45,51-43)29-50-43)48-26-31-12-6-2-7-13-31/h2-20,23,25,40-42,46-47H,21-22,24,26-30H2,1H3;1-19,22,24,39-41,45H,20-21,23,25-29H2/t40-,41-,42+,44-;39-,40-,41+,42-,43-/m00/s1. The molecule has 17 heteroatoms. The lowest BCUT2D eigenvalue weighted by Gasteiger charge is -2.56. The van der Waals surface area contributed by atoms with Crippen LogP contribution in [0.3, 0.4) is 0 Å². The minimum Gasteiger partial charge on any atom is -0.493 e. The quantitative estimate of drug-likeness (QED) is 0.0423. The largest absolute Gasteiger partial charge is 0.493 e. The van der Waals surface area contributed by atoms with Crippen molar-refractivity contribution in [1.29, 1.82) is 0 Å². The molecule has 0 radical (unpaired) electrons. The van der Waals surface area contributed by atoms with Crippen LogP contribution in [0.5, 0.6) is 11.5 Å². The first-order valence-corrected chi connectivity index (χ1v) is 36.2. The number of fused-ring (bicyclic) bond motifs is 4. The topological polar surface area (TPSA) is 171 Å². The third kappa shape index (κ3) is 16.0. The summed E-state index contributed by atoms with van der Waals surface area (Å²) in [5.41, 5.74) is 10.5. The summed E-state index contributed by atoms with van der Waals surface area (Å²) in [5, 5.41) is 34.8. The average Bonchev–Trinajstić information content (AvgIpc) is 1.36. The SMILES string of the molecule is CO[C@@]1(c2ccc(Cl)c(Cc3ccc4c(c3)CCO4)c2)OC(CO)(CO)[C@@H](OCc2ccccc2)[C@H](OCc2ccccc2)[C@H]1OCc1ccccc1.OC[C@@]12CO[C@@](c3ccc(Cl)c(Cc4ccc5c(c4)CCO5)c3)(O1)[C@H](OCc1ccccc1)[C@@H](OCc1ccccc1)[C@@H]2OCc1ccccc1. The van der Waals surface area contributed by atoms with E-state index in [9.17, 15) is 15.3 Å². The molecule has 15 nitrogen and oxygen atoms in total. The van der Waals surface area contributed by atoms with Crippen molar-refractivity contribution >= 4 is 23.2 Å². The second kappa shape index (κ2) is 33.5.